The van der Waals surface area contributed by atoms with Crippen molar-refractivity contribution in [3.63, 3.8) is 0 Å². The number of piperazine rings is 1. The maximum absolute atomic E-state index is 6.04. The van der Waals surface area contributed by atoms with Gasteiger partial charge < -0.3 is 10.1 Å². The molecule has 3 heteroatoms. The summed E-state index contributed by atoms with van der Waals surface area (Å²) in [6, 6.07) is 19.5. The number of benzene rings is 2. The Morgan fingerprint density at radius 2 is 1.76 bits per heavy atom. The Morgan fingerprint density at radius 1 is 1.00 bits per heavy atom. The molecule has 0 aromatic heterocycles. The summed E-state index contributed by atoms with van der Waals surface area (Å²) in [6.45, 7) is 9.64. The van der Waals surface area contributed by atoms with E-state index in [1.165, 1.54) is 17.5 Å². The second kappa shape index (κ2) is 9.02. The molecule has 1 aliphatic rings. The fraction of sp³-hybridized carbons (Fsp3) is 0.455. The predicted molar refractivity (Wildman–Crippen MR) is 104 cm³/mol. The summed E-state index contributed by atoms with van der Waals surface area (Å²) in [4.78, 5) is 2.62. The molecule has 134 valence electrons. The van der Waals surface area contributed by atoms with Gasteiger partial charge in [0.2, 0.25) is 0 Å². The van der Waals surface area contributed by atoms with Gasteiger partial charge in [-0.25, -0.2) is 0 Å². The molecular weight excluding hydrogens is 308 g/mol. The van der Waals surface area contributed by atoms with E-state index < -0.39 is 0 Å². The van der Waals surface area contributed by atoms with Gasteiger partial charge in [0, 0.05) is 32.2 Å². The Morgan fingerprint density at radius 3 is 2.48 bits per heavy atom. The van der Waals surface area contributed by atoms with E-state index in [1.54, 1.807) is 0 Å². The van der Waals surface area contributed by atoms with E-state index in [9.17, 15) is 0 Å². The highest BCUT2D eigenvalue weighted by Crippen LogP contribution is 2.30. The van der Waals surface area contributed by atoms with Crippen molar-refractivity contribution in [2.75, 3.05) is 26.2 Å². The molecule has 2 aromatic carbocycles. The zero-order valence-electron chi connectivity index (χ0n) is 15.4. The van der Waals surface area contributed by atoms with Crippen LogP contribution in [0, 0.1) is 5.92 Å². The quantitative estimate of drug-likeness (QED) is 0.816. The zero-order chi connectivity index (χ0) is 17.5. The smallest absolute Gasteiger partial charge is 0.120 e. The van der Waals surface area contributed by atoms with Crippen LogP contribution in [-0.4, -0.2) is 31.1 Å². The first-order chi connectivity index (χ1) is 12.2. The van der Waals surface area contributed by atoms with Gasteiger partial charge in [-0.15, -0.1) is 0 Å². The van der Waals surface area contributed by atoms with E-state index in [2.05, 4.69) is 72.6 Å². The van der Waals surface area contributed by atoms with Crippen molar-refractivity contribution in [1.29, 1.82) is 0 Å². The van der Waals surface area contributed by atoms with Crippen LogP contribution in [0.1, 0.15) is 37.4 Å². The van der Waals surface area contributed by atoms with Crippen LogP contribution in [0.2, 0.25) is 0 Å². The molecule has 3 nitrogen and oxygen atoms in total. The second-order valence-electron chi connectivity index (χ2n) is 7.28. The highest BCUT2D eigenvalue weighted by atomic mass is 16.5. The average molecular weight is 338 g/mol. The predicted octanol–water partition coefficient (Wildman–Crippen LogP) is 4.26. The molecule has 0 saturated carbocycles. The number of nitrogens with zero attached hydrogens (tertiary/aromatic N) is 1. The fourth-order valence-electron chi connectivity index (χ4n) is 3.49. The molecule has 1 atom stereocenters. The lowest BCUT2D eigenvalue weighted by atomic mass is 9.95. The summed E-state index contributed by atoms with van der Waals surface area (Å²) >= 11 is 0. The van der Waals surface area contributed by atoms with E-state index in [-0.39, 0.29) is 0 Å². The standard InChI is InChI=1S/C22H30N2O/c1-18(2)15-22(24-13-11-23-12-14-24)20-9-6-10-21(16-20)25-17-19-7-4-3-5-8-19/h3-10,16,18,22-23H,11-15,17H2,1-2H3/t22-/m0/s1. The van der Waals surface area contributed by atoms with Crippen LogP contribution >= 0.6 is 0 Å². The van der Waals surface area contributed by atoms with Crippen molar-refractivity contribution < 1.29 is 4.74 Å². The highest BCUT2D eigenvalue weighted by molar-refractivity contribution is 5.31. The van der Waals surface area contributed by atoms with Crippen molar-refractivity contribution >= 4 is 0 Å². The van der Waals surface area contributed by atoms with Gasteiger partial charge >= 0.3 is 0 Å². The van der Waals surface area contributed by atoms with E-state index in [4.69, 9.17) is 4.74 Å². The van der Waals surface area contributed by atoms with Crippen LogP contribution in [0.3, 0.4) is 0 Å². The minimum absolute atomic E-state index is 0.474. The molecule has 0 unspecified atom stereocenters. The summed E-state index contributed by atoms with van der Waals surface area (Å²) < 4.78 is 6.04. The van der Waals surface area contributed by atoms with Gasteiger partial charge in [-0.2, -0.15) is 0 Å². The number of ether oxygens (including phenoxy) is 1. The summed E-state index contributed by atoms with van der Waals surface area (Å²) in [7, 11) is 0. The van der Waals surface area contributed by atoms with E-state index in [1.807, 2.05) is 6.07 Å². The number of nitrogens with one attached hydrogen (secondary N) is 1. The van der Waals surface area contributed by atoms with Gasteiger partial charge in [-0.1, -0.05) is 56.3 Å². The topological polar surface area (TPSA) is 24.5 Å². The lowest BCUT2D eigenvalue weighted by Crippen LogP contribution is -2.45. The lowest BCUT2D eigenvalue weighted by Gasteiger charge is -2.36. The van der Waals surface area contributed by atoms with Crippen LogP contribution in [0.4, 0.5) is 0 Å². The van der Waals surface area contributed by atoms with E-state index in [0.29, 0.717) is 18.6 Å². The molecule has 0 aliphatic carbocycles. The van der Waals surface area contributed by atoms with Gasteiger partial charge in [0.1, 0.15) is 12.4 Å². The van der Waals surface area contributed by atoms with Crippen LogP contribution in [0.25, 0.3) is 0 Å². The first-order valence-electron chi connectivity index (χ1n) is 9.44. The van der Waals surface area contributed by atoms with Gasteiger partial charge in [-0.3, -0.25) is 4.90 Å². The van der Waals surface area contributed by atoms with Crippen molar-refractivity contribution in [1.82, 2.24) is 10.2 Å². The molecule has 0 amide bonds. The summed E-state index contributed by atoms with van der Waals surface area (Å²) in [6.07, 6.45) is 1.18. The minimum Gasteiger partial charge on any atom is -0.489 e. The Balaban J connectivity index is 1.72. The first-order valence-corrected chi connectivity index (χ1v) is 9.44. The van der Waals surface area contributed by atoms with Crippen LogP contribution < -0.4 is 10.1 Å². The van der Waals surface area contributed by atoms with Crippen molar-refractivity contribution in [3.05, 3.63) is 65.7 Å². The third-order valence-corrected chi connectivity index (χ3v) is 4.78. The minimum atomic E-state index is 0.474. The maximum Gasteiger partial charge on any atom is 0.120 e. The van der Waals surface area contributed by atoms with E-state index >= 15 is 0 Å². The molecule has 1 N–H and O–H groups in total. The van der Waals surface area contributed by atoms with Crippen LogP contribution in [-0.2, 0) is 6.61 Å². The summed E-state index contributed by atoms with van der Waals surface area (Å²) in [5, 5.41) is 3.46. The molecule has 1 fully saturated rings. The molecular formula is C22H30N2O. The summed E-state index contributed by atoms with van der Waals surface area (Å²) in [5.74, 6) is 1.64. The largest absolute Gasteiger partial charge is 0.489 e. The second-order valence-corrected chi connectivity index (χ2v) is 7.28. The zero-order valence-corrected chi connectivity index (χ0v) is 15.4. The first kappa shape index (κ1) is 18.0. The van der Waals surface area contributed by atoms with Crippen molar-refractivity contribution in [3.8, 4) is 5.75 Å². The molecule has 0 spiro atoms. The van der Waals surface area contributed by atoms with Gasteiger partial charge in [0.15, 0.2) is 0 Å². The SMILES string of the molecule is CC(C)C[C@@H](c1cccc(OCc2ccccc2)c1)N1CCNCC1. The number of hydrogen-bond acceptors (Lipinski definition) is 3. The van der Waals surface area contributed by atoms with Gasteiger partial charge in [0.05, 0.1) is 0 Å². The molecule has 1 aliphatic heterocycles. The molecule has 0 bridgehead atoms. The molecule has 3 rings (SSSR count). The Hall–Kier alpha value is -1.84. The highest BCUT2D eigenvalue weighted by Gasteiger charge is 2.23. The fourth-order valence-corrected chi connectivity index (χ4v) is 3.49. The molecule has 0 radical (unpaired) electrons. The third kappa shape index (κ3) is 5.32. The maximum atomic E-state index is 6.04. The third-order valence-electron chi connectivity index (χ3n) is 4.78. The summed E-state index contributed by atoms with van der Waals surface area (Å²) in [5.41, 5.74) is 2.58. The van der Waals surface area contributed by atoms with E-state index in [0.717, 1.165) is 31.9 Å². The Bertz CT molecular complexity index is 635. The van der Waals surface area contributed by atoms with Gasteiger partial charge in [0.25, 0.3) is 0 Å². The van der Waals surface area contributed by atoms with Crippen molar-refractivity contribution in [2.24, 2.45) is 5.92 Å². The monoisotopic (exact) mass is 338 g/mol. The number of rotatable bonds is 7. The normalized spacial score (nSPS) is 16.8. The van der Waals surface area contributed by atoms with Crippen LogP contribution in [0.15, 0.2) is 54.6 Å². The lowest BCUT2D eigenvalue weighted by molar-refractivity contribution is 0.153. The van der Waals surface area contributed by atoms with Crippen molar-refractivity contribution in [2.45, 2.75) is 32.9 Å². The molecule has 1 saturated heterocycles. The molecule has 25 heavy (non-hydrogen) atoms. The molecule has 1 heterocycles. The van der Waals surface area contributed by atoms with Crippen LogP contribution in [0.5, 0.6) is 5.75 Å². The Kier molecular flexibility index (Phi) is 6.48. The molecule has 2 aromatic rings. The Labute approximate surface area is 152 Å². The number of hydrogen-bond donors (Lipinski definition) is 1. The average Bonchev–Trinajstić information content (AvgIpc) is 2.66. The van der Waals surface area contributed by atoms with Gasteiger partial charge in [-0.05, 0) is 35.6 Å².